The number of halogens is 3. The Morgan fingerprint density at radius 1 is 1.24 bits per heavy atom. The summed E-state index contributed by atoms with van der Waals surface area (Å²) in [7, 11) is 1.40. The van der Waals surface area contributed by atoms with Crippen molar-refractivity contribution >= 4 is 5.78 Å². The van der Waals surface area contributed by atoms with Gasteiger partial charge in [-0.25, -0.2) is 9.97 Å². The number of methoxy groups -OCH3 is 1. The molecule has 0 spiro atoms. The molecule has 1 aromatic heterocycles. The lowest BCUT2D eigenvalue weighted by Gasteiger charge is -2.11. The van der Waals surface area contributed by atoms with E-state index in [2.05, 4.69) is 9.97 Å². The van der Waals surface area contributed by atoms with Crippen molar-refractivity contribution in [1.82, 2.24) is 9.97 Å². The maximum absolute atomic E-state index is 12.9. The van der Waals surface area contributed by atoms with E-state index in [0.29, 0.717) is 5.69 Å². The molecule has 0 bridgehead atoms. The zero-order valence-electron chi connectivity index (χ0n) is 11.0. The Balaban J connectivity index is 2.29. The molecule has 2 aromatic rings. The van der Waals surface area contributed by atoms with Crippen LogP contribution in [0.5, 0.6) is 5.88 Å². The van der Waals surface area contributed by atoms with Crippen molar-refractivity contribution < 1.29 is 22.7 Å². The van der Waals surface area contributed by atoms with Gasteiger partial charge in [-0.15, -0.1) is 0 Å². The number of ketones is 1. The van der Waals surface area contributed by atoms with E-state index in [9.17, 15) is 18.0 Å². The zero-order chi connectivity index (χ0) is 15.5. The van der Waals surface area contributed by atoms with E-state index >= 15 is 0 Å². The van der Waals surface area contributed by atoms with E-state index in [1.807, 2.05) is 0 Å². The Morgan fingerprint density at radius 2 is 1.95 bits per heavy atom. The molecule has 0 saturated heterocycles. The topological polar surface area (TPSA) is 52.1 Å². The van der Waals surface area contributed by atoms with Gasteiger partial charge in [0, 0.05) is 11.6 Å². The van der Waals surface area contributed by atoms with Crippen LogP contribution in [0.2, 0.25) is 0 Å². The van der Waals surface area contributed by atoms with Crippen LogP contribution in [-0.2, 0) is 12.6 Å². The minimum absolute atomic E-state index is 0.247. The van der Waals surface area contributed by atoms with Gasteiger partial charge in [-0.2, -0.15) is 13.2 Å². The monoisotopic (exact) mass is 296 g/mol. The molecule has 4 nitrogen and oxygen atoms in total. The highest BCUT2D eigenvalue weighted by atomic mass is 19.4. The SMILES string of the molecule is COc1cc(CC(=O)c2ccccc2C(F)(F)F)ncn1. The minimum Gasteiger partial charge on any atom is -0.481 e. The summed E-state index contributed by atoms with van der Waals surface area (Å²) in [6.07, 6.45) is -3.64. The lowest BCUT2D eigenvalue weighted by atomic mass is 10.00. The molecule has 0 unspecified atom stereocenters. The van der Waals surface area contributed by atoms with Gasteiger partial charge in [0.05, 0.1) is 24.8 Å². The summed E-state index contributed by atoms with van der Waals surface area (Å²) in [5.74, 6) is -0.416. The van der Waals surface area contributed by atoms with Gasteiger partial charge < -0.3 is 4.74 Å². The van der Waals surface area contributed by atoms with E-state index in [4.69, 9.17) is 4.74 Å². The van der Waals surface area contributed by atoms with Crippen LogP contribution in [0.25, 0.3) is 0 Å². The van der Waals surface area contributed by atoms with Crippen LogP contribution < -0.4 is 4.74 Å². The number of carbonyl (C=O) groups is 1. The summed E-state index contributed by atoms with van der Waals surface area (Å²) in [6.45, 7) is 0. The van der Waals surface area contributed by atoms with Crippen LogP contribution in [0, 0.1) is 0 Å². The zero-order valence-corrected chi connectivity index (χ0v) is 11.0. The number of aromatic nitrogens is 2. The lowest BCUT2D eigenvalue weighted by Crippen LogP contribution is -2.15. The molecule has 1 aromatic carbocycles. The lowest BCUT2D eigenvalue weighted by molar-refractivity contribution is -0.137. The minimum atomic E-state index is -4.57. The third-order valence-corrected chi connectivity index (χ3v) is 2.78. The maximum Gasteiger partial charge on any atom is 0.417 e. The second-order valence-electron chi connectivity index (χ2n) is 4.20. The second kappa shape index (κ2) is 5.90. The number of benzene rings is 1. The first-order valence-corrected chi connectivity index (χ1v) is 5.96. The summed E-state index contributed by atoms with van der Waals surface area (Å²) in [5.41, 5.74) is -1.03. The van der Waals surface area contributed by atoms with Crippen molar-refractivity contribution in [1.29, 1.82) is 0 Å². The average molecular weight is 296 g/mol. The Morgan fingerprint density at radius 3 is 2.62 bits per heavy atom. The number of rotatable bonds is 4. The van der Waals surface area contributed by atoms with Crippen molar-refractivity contribution in [2.24, 2.45) is 0 Å². The molecule has 0 amide bonds. The molecule has 0 radical (unpaired) electrons. The highest BCUT2D eigenvalue weighted by Gasteiger charge is 2.34. The molecule has 0 aliphatic rings. The van der Waals surface area contributed by atoms with Crippen LogP contribution >= 0.6 is 0 Å². The summed E-state index contributed by atoms with van der Waals surface area (Å²) in [5, 5.41) is 0. The van der Waals surface area contributed by atoms with Gasteiger partial charge in [0.1, 0.15) is 6.33 Å². The fourth-order valence-corrected chi connectivity index (χ4v) is 1.82. The van der Waals surface area contributed by atoms with Crippen molar-refractivity contribution in [2.45, 2.75) is 12.6 Å². The Bertz CT molecular complexity index is 657. The smallest absolute Gasteiger partial charge is 0.417 e. The van der Waals surface area contributed by atoms with E-state index in [0.717, 1.165) is 12.1 Å². The number of hydrogen-bond donors (Lipinski definition) is 0. The quantitative estimate of drug-likeness (QED) is 0.814. The summed E-state index contributed by atoms with van der Waals surface area (Å²) < 4.78 is 43.5. The predicted octanol–water partition coefficient (Wildman–Crippen LogP) is 2.93. The van der Waals surface area contributed by atoms with Gasteiger partial charge in [0.2, 0.25) is 5.88 Å². The number of alkyl halides is 3. The second-order valence-corrected chi connectivity index (χ2v) is 4.20. The standard InChI is InChI=1S/C14H11F3N2O2/c1-21-13-7-9(18-8-19-13)6-12(20)10-4-2-3-5-11(10)14(15,16)17/h2-5,7-8H,6H2,1H3. The van der Waals surface area contributed by atoms with E-state index in [-0.39, 0.29) is 17.9 Å². The maximum atomic E-state index is 12.9. The highest BCUT2D eigenvalue weighted by molar-refractivity contribution is 5.98. The van der Waals surface area contributed by atoms with Crippen molar-refractivity contribution in [2.75, 3.05) is 7.11 Å². The summed E-state index contributed by atoms with van der Waals surface area (Å²) in [6, 6.07) is 6.09. The van der Waals surface area contributed by atoms with Gasteiger partial charge in [-0.1, -0.05) is 18.2 Å². The van der Waals surface area contributed by atoms with Crippen LogP contribution in [0.3, 0.4) is 0 Å². The molecule has 0 fully saturated rings. The summed E-state index contributed by atoms with van der Waals surface area (Å²) >= 11 is 0. The summed E-state index contributed by atoms with van der Waals surface area (Å²) in [4.78, 5) is 19.7. The fraction of sp³-hybridized carbons (Fsp3) is 0.214. The molecule has 7 heteroatoms. The van der Waals surface area contributed by atoms with Gasteiger partial charge in [0.25, 0.3) is 0 Å². The largest absolute Gasteiger partial charge is 0.481 e. The first-order chi connectivity index (χ1) is 9.91. The molecular formula is C14H11F3N2O2. The van der Waals surface area contributed by atoms with Crippen molar-refractivity contribution in [3.05, 3.63) is 53.5 Å². The number of Topliss-reactive ketones (excluding diaryl/α,β-unsaturated/α-hetero) is 1. The molecule has 0 atom stereocenters. The Hall–Kier alpha value is -2.44. The first kappa shape index (κ1) is 15.0. The first-order valence-electron chi connectivity index (χ1n) is 5.96. The molecule has 21 heavy (non-hydrogen) atoms. The number of hydrogen-bond acceptors (Lipinski definition) is 4. The van der Waals surface area contributed by atoms with Crippen LogP contribution in [-0.4, -0.2) is 22.9 Å². The molecular weight excluding hydrogens is 285 g/mol. The Kier molecular flexibility index (Phi) is 4.21. The average Bonchev–Trinajstić information content (AvgIpc) is 2.46. The van der Waals surface area contributed by atoms with Crippen LogP contribution in [0.15, 0.2) is 36.7 Å². The van der Waals surface area contributed by atoms with Crippen LogP contribution in [0.1, 0.15) is 21.6 Å². The molecule has 0 N–H and O–H groups in total. The van der Waals surface area contributed by atoms with E-state index in [1.165, 1.54) is 31.6 Å². The van der Waals surface area contributed by atoms with E-state index in [1.54, 1.807) is 0 Å². The number of ether oxygens (including phenoxy) is 1. The molecule has 0 aliphatic heterocycles. The highest BCUT2D eigenvalue weighted by Crippen LogP contribution is 2.32. The Labute approximate surface area is 118 Å². The number of nitrogens with zero attached hydrogens (tertiary/aromatic N) is 2. The van der Waals surface area contributed by atoms with Crippen molar-refractivity contribution in [3.8, 4) is 5.88 Å². The molecule has 0 saturated carbocycles. The molecule has 1 heterocycles. The van der Waals surface area contributed by atoms with Gasteiger partial charge in [0.15, 0.2) is 5.78 Å². The number of carbonyl (C=O) groups excluding carboxylic acids is 1. The third-order valence-electron chi connectivity index (χ3n) is 2.78. The van der Waals surface area contributed by atoms with E-state index < -0.39 is 17.5 Å². The third kappa shape index (κ3) is 3.56. The molecule has 2 rings (SSSR count). The van der Waals surface area contributed by atoms with Gasteiger partial charge in [-0.05, 0) is 6.07 Å². The predicted molar refractivity (Wildman–Crippen MR) is 68.1 cm³/mol. The molecule has 110 valence electrons. The van der Waals surface area contributed by atoms with Gasteiger partial charge in [-0.3, -0.25) is 4.79 Å². The van der Waals surface area contributed by atoms with Crippen LogP contribution in [0.4, 0.5) is 13.2 Å². The van der Waals surface area contributed by atoms with Crippen molar-refractivity contribution in [3.63, 3.8) is 0 Å². The fourth-order valence-electron chi connectivity index (χ4n) is 1.82. The normalized spacial score (nSPS) is 11.2. The molecule has 0 aliphatic carbocycles. The van der Waals surface area contributed by atoms with Gasteiger partial charge >= 0.3 is 6.18 Å².